The van der Waals surface area contributed by atoms with Crippen molar-refractivity contribution in [1.29, 1.82) is 0 Å². The first-order valence-electron chi connectivity index (χ1n) is 3.70. The summed E-state index contributed by atoms with van der Waals surface area (Å²) in [5.41, 5.74) is 5.24. The first kappa shape index (κ1) is 10.9. The van der Waals surface area contributed by atoms with E-state index in [0.717, 1.165) is 5.03 Å². The summed E-state index contributed by atoms with van der Waals surface area (Å²) in [6, 6.07) is 1.71. The lowest BCUT2D eigenvalue weighted by Crippen LogP contribution is -2.08. The summed E-state index contributed by atoms with van der Waals surface area (Å²) in [6.07, 6.45) is 4.75. The predicted octanol–water partition coefficient (Wildman–Crippen LogP) is 1.50. The number of hydrogen-bond acceptors (Lipinski definition) is 5. The van der Waals surface area contributed by atoms with E-state index in [1.54, 1.807) is 18.2 Å². The van der Waals surface area contributed by atoms with Gasteiger partial charge in [0.05, 0.1) is 10.1 Å². The van der Waals surface area contributed by atoms with Crippen molar-refractivity contribution >= 4 is 21.6 Å². The Kier molecular flexibility index (Phi) is 4.34. The molecule has 4 nitrogen and oxygen atoms in total. The second-order valence-electron chi connectivity index (χ2n) is 2.21. The molecule has 74 valence electrons. The molecule has 1 aromatic rings. The van der Waals surface area contributed by atoms with Gasteiger partial charge in [0.1, 0.15) is 0 Å². The van der Waals surface area contributed by atoms with Crippen molar-refractivity contribution in [3.05, 3.63) is 46.5 Å². The number of nitrogens with zero attached hydrogens (tertiary/aromatic N) is 1. The zero-order valence-corrected chi connectivity index (χ0v) is 8.90. The molecule has 1 heterocycles. The first-order chi connectivity index (χ1) is 6.72. The van der Waals surface area contributed by atoms with Crippen molar-refractivity contribution in [3.8, 4) is 0 Å². The molecule has 1 rings (SSSR count). The third-order valence-electron chi connectivity index (χ3n) is 1.16. The zero-order valence-electron chi connectivity index (χ0n) is 7.27. The number of nitrogens with one attached hydrogen (secondary N) is 1. The lowest BCUT2D eigenvalue weighted by atomic mass is 10.6. The molecule has 0 aliphatic carbocycles. The minimum atomic E-state index is -0.359. The van der Waals surface area contributed by atoms with Crippen LogP contribution in [0.2, 0.25) is 0 Å². The van der Waals surface area contributed by atoms with E-state index in [4.69, 9.17) is 5.73 Å². The summed E-state index contributed by atoms with van der Waals surface area (Å²) >= 11 is 0. The van der Waals surface area contributed by atoms with Gasteiger partial charge in [-0.15, -0.1) is 0 Å². The largest absolute Gasteiger partial charge is 0.393 e. The van der Waals surface area contributed by atoms with Gasteiger partial charge < -0.3 is 5.73 Å². The highest BCUT2D eigenvalue weighted by atomic mass is 33.1. The van der Waals surface area contributed by atoms with E-state index >= 15 is 0 Å². The summed E-state index contributed by atoms with van der Waals surface area (Å²) in [5.74, 6) is 0. The van der Waals surface area contributed by atoms with Crippen molar-refractivity contribution in [2.24, 2.45) is 5.73 Å². The maximum Gasteiger partial charge on any atom is 0.345 e. The molecule has 0 radical (unpaired) electrons. The van der Waals surface area contributed by atoms with Gasteiger partial charge in [0, 0.05) is 6.20 Å². The van der Waals surface area contributed by atoms with E-state index in [1.807, 2.05) is 0 Å². The zero-order chi connectivity index (χ0) is 10.4. The number of aromatic nitrogens is 2. The van der Waals surface area contributed by atoms with Crippen LogP contribution in [0.15, 0.2) is 45.8 Å². The normalized spacial score (nSPS) is 11.3. The molecule has 0 aliphatic rings. The van der Waals surface area contributed by atoms with E-state index in [0.29, 0.717) is 5.03 Å². The number of aromatic amines is 1. The topological polar surface area (TPSA) is 71.8 Å². The van der Waals surface area contributed by atoms with E-state index < -0.39 is 0 Å². The Labute approximate surface area is 89.1 Å². The van der Waals surface area contributed by atoms with Gasteiger partial charge in [0.15, 0.2) is 0 Å². The average Bonchev–Trinajstić information content (AvgIpc) is 2.15. The fourth-order valence-corrected chi connectivity index (χ4v) is 2.24. The summed E-state index contributed by atoms with van der Waals surface area (Å²) < 4.78 is 0. The Balaban J connectivity index is 2.58. The Morgan fingerprint density at radius 2 is 2.50 bits per heavy atom. The van der Waals surface area contributed by atoms with Crippen LogP contribution in [0.5, 0.6) is 0 Å². The molecule has 0 amide bonds. The molecule has 0 unspecified atom stereocenters. The minimum Gasteiger partial charge on any atom is -0.393 e. The Hall–Kier alpha value is -1.14. The smallest absolute Gasteiger partial charge is 0.345 e. The van der Waals surface area contributed by atoms with Crippen LogP contribution < -0.4 is 11.4 Å². The third kappa shape index (κ3) is 3.71. The summed E-state index contributed by atoms with van der Waals surface area (Å²) in [7, 11) is 2.71. The molecule has 0 saturated carbocycles. The van der Waals surface area contributed by atoms with Crippen LogP contribution in [0.3, 0.4) is 0 Å². The van der Waals surface area contributed by atoms with Gasteiger partial charge in [-0.25, -0.2) is 9.78 Å². The van der Waals surface area contributed by atoms with Gasteiger partial charge in [-0.2, -0.15) is 0 Å². The highest BCUT2D eigenvalue weighted by molar-refractivity contribution is 8.78. The fourth-order valence-electron chi connectivity index (χ4n) is 0.638. The van der Waals surface area contributed by atoms with Gasteiger partial charge in [0.2, 0.25) is 0 Å². The summed E-state index contributed by atoms with van der Waals surface area (Å²) in [4.78, 5) is 16.9. The monoisotopic (exact) mass is 227 g/mol. The molecule has 0 aromatic carbocycles. The molecule has 3 N–H and O–H groups in total. The SMILES string of the molecule is C=C/C=C(\N)SSc1ccnc(=O)[nH]1. The minimum absolute atomic E-state index is 0.359. The van der Waals surface area contributed by atoms with Crippen molar-refractivity contribution < 1.29 is 0 Å². The van der Waals surface area contributed by atoms with Crippen LogP contribution in [0, 0.1) is 0 Å². The Morgan fingerprint density at radius 3 is 3.14 bits per heavy atom. The summed E-state index contributed by atoms with van der Waals surface area (Å²) in [5, 5.41) is 1.35. The molecular formula is C8H9N3OS2. The molecule has 1 aromatic heterocycles. The highest BCUT2D eigenvalue weighted by Crippen LogP contribution is 2.32. The second-order valence-corrected chi connectivity index (χ2v) is 4.46. The van der Waals surface area contributed by atoms with E-state index in [-0.39, 0.29) is 5.69 Å². The maximum atomic E-state index is 10.8. The number of rotatable bonds is 4. The van der Waals surface area contributed by atoms with Crippen molar-refractivity contribution in [2.45, 2.75) is 5.03 Å². The summed E-state index contributed by atoms with van der Waals surface area (Å²) in [6.45, 7) is 3.52. The molecular weight excluding hydrogens is 218 g/mol. The highest BCUT2D eigenvalue weighted by Gasteiger charge is 1.96. The van der Waals surface area contributed by atoms with Crippen LogP contribution in [-0.2, 0) is 0 Å². The molecule has 0 spiro atoms. The number of H-pyrrole nitrogens is 1. The van der Waals surface area contributed by atoms with E-state index in [2.05, 4.69) is 16.5 Å². The Bertz CT molecular complexity index is 400. The van der Waals surface area contributed by atoms with Crippen molar-refractivity contribution in [1.82, 2.24) is 9.97 Å². The van der Waals surface area contributed by atoms with Gasteiger partial charge in [-0.05, 0) is 33.7 Å². The molecule has 0 bridgehead atoms. The van der Waals surface area contributed by atoms with Crippen LogP contribution in [0.1, 0.15) is 0 Å². The van der Waals surface area contributed by atoms with Crippen molar-refractivity contribution in [3.63, 3.8) is 0 Å². The maximum absolute atomic E-state index is 10.8. The fraction of sp³-hybridized carbons (Fsp3) is 0. The average molecular weight is 227 g/mol. The molecule has 0 saturated heterocycles. The van der Waals surface area contributed by atoms with Crippen LogP contribution in [0.25, 0.3) is 0 Å². The van der Waals surface area contributed by atoms with Gasteiger partial charge in [-0.3, -0.25) is 4.98 Å². The number of allylic oxidation sites excluding steroid dienone is 2. The second kappa shape index (κ2) is 5.56. The predicted molar refractivity (Wildman–Crippen MR) is 60.8 cm³/mol. The lowest BCUT2D eigenvalue weighted by molar-refractivity contribution is 0.983. The van der Waals surface area contributed by atoms with Gasteiger partial charge in [-0.1, -0.05) is 12.7 Å². The Morgan fingerprint density at radius 1 is 1.71 bits per heavy atom. The number of nitrogens with two attached hydrogens (primary N) is 1. The van der Waals surface area contributed by atoms with Crippen molar-refractivity contribution in [2.75, 3.05) is 0 Å². The lowest BCUT2D eigenvalue weighted by Gasteiger charge is -1.98. The molecule has 0 atom stereocenters. The standard InChI is InChI=1S/C8H9N3OS2/c1-2-3-6(9)13-14-7-4-5-10-8(12)11-7/h2-5H,1,9H2,(H,10,11,12)/b6-3+. The molecule has 14 heavy (non-hydrogen) atoms. The molecule has 6 heteroatoms. The van der Waals surface area contributed by atoms with Crippen LogP contribution >= 0.6 is 21.6 Å². The van der Waals surface area contributed by atoms with Crippen LogP contribution in [-0.4, -0.2) is 9.97 Å². The quantitative estimate of drug-likeness (QED) is 0.463. The molecule has 0 aliphatic heterocycles. The van der Waals surface area contributed by atoms with E-state index in [9.17, 15) is 4.79 Å². The van der Waals surface area contributed by atoms with Crippen LogP contribution in [0.4, 0.5) is 0 Å². The first-order valence-corrected chi connectivity index (χ1v) is 5.85. The van der Waals surface area contributed by atoms with Gasteiger partial charge >= 0.3 is 5.69 Å². The number of hydrogen-bond donors (Lipinski definition) is 2. The molecule has 0 fully saturated rings. The third-order valence-corrected chi connectivity index (χ3v) is 3.35. The van der Waals surface area contributed by atoms with E-state index in [1.165, 1.54) is 27.8 Å². The van der Waals surface area contributed by atoms with Gasteiger partial charge in [0.25, 0.3) is 0 Å².